The van der Waals surface area contributed by atoms with E-state index in [0.29, 0.717) is 11.9 Å². The number of amides is 1. The van der Waals surface area contributed by atoms with Crippen LogP contribution in [0.4, 0.5) is 18.9 Å². The van der Waals surface area contributed by atoms with Crippen LogP contribution in [-0.4, -0.2) is 16.1 Å². The van der Waals surface area contributed by atoms with Gasteiger partial charge in [-0.15, -0.1) is 0 Å². The Balaban J connectivity index is 1.74. The Morgan fingerprint density at radius 3 is 2.41 bits per heavy atom. The molecule has 0 unspecified atom stereocenters. The van der Waals surface area contributed by atoms with Gasteiger partial charge in [0.05, 0.1) is 15.8 Å². The first-order valence-electron chi connectivity index (χ1n) is 8.60. The quantitative estimate of drug-likeness (QED) is 0.462. The number of rotatable bonds is 5. The number of nitrogens with one attached hydrogen (secondary N) is 1. The van der Waals surface area contributed by atoms with Crippen LogP contribution < -0.4 is 5.32 Å². The molecular formula is C21H16ClF3N2OS. The highest BCUT2D eigenvalue weighted by Crippen LogP contribution is 2.35. The summed E-state index contributed by atoms with van der Waals surface area (Å²) in [7, 11) is 0. The Kier molecular flexibility index (Phi) is 6.49. The van der Waals surface area contributed by atoms with Crippen LogP contribution in [0.15, 0.2) is 71.9 Å². The third kappa shape index (κ3) is 5.31. The van der Waals surface area contributed by atoms with Gasteiger partial charge in [-0.05, 0) is 24.6 Å². The van der Waals surface area contributed by atoms with Crippen LogP contribution in [0.1, 0.15) is 12.5 Å². The van der Waals surface area contributed by atoms with Crippen molar-refractivity contribution in [1.29, 1.82) is 0 Å². The lowest BCUT2D eigenvalue weighted by Gasteiger charge is -2.15. The van der Waals surface area contributed by atoms with Crippen LogP contribution in [0, 0.1) is 0 Å². The van der Waals surface area contributed by atoms with Crippen LogP contribution in [0.5, 0.6) is 0 Å². The third-order valence-corrected chi connectivity index (χ3v) is 5.58. The third-order valence-electron chi connectivity index (χ3n) is 4.06. The zero-order chi connectivity index (χ0) is 21.0. The summed E-state index contributed by atoms with van der Waals surface area (Å²) in [5.41, 5.74) is 1.53. The number of thioether (sulfide) groups is 1. The monoisotopic (exact) mass is 436 g/mol. The number of aromatic nitrogens is 1. The van der Waals surface area contributed by atoms with Gasteiger partial charge in [-0.2, -0.15) is 13.2 Å². The van der Waals surface area contributed by atoms with Gasteiger partial charge in [0.2, 0.25) is 5.91 Å². The highest BCUT2D eigenvalue weighted by Gasteiger charge is 2.32. The SMILES string of the molecule is C[C@H](Sc1ncc(C(F)(F)F)cc1Cl)C(=O)Nc1ccccc1-c1ccccc1. The van der Waals surface area contributed by atoms with E-state index in [1.807, 2.05) is 48.5 Å². The number of hydrogen-bond donors (Lipinski definition) is 1. The van der Waals surface area contributed by atoms with Crippen LogP contribution in [-0.2, 0) is 11.0 Å². The number of alkyl halides is 3. The van der Waals surface area contributed by atoms with Crippen molar-refractivity contribution in [1.82, 2.24) is 4.98 Å². The maximum absolute atomic E-state index is 12.7. The van der Waals surface area contributed by atoms with Gasteiger partial charge in [0.15, 0.2) is 0 Å². The topological polar surface area (TPSA) is 42.0 Å². The molecule has 2 aromatic carbocycles. The zero-order valence-electron chi connectivity index (χ0n) is 15.2. The maximum Gasteiger partial charge on any atom is 0.417 e. The van der Waals surface area contributed by atoms with Gasteiger partial charge in [0, 0.05) is 17.4 Å². The molecule has 1 heterocycles. The fraction of sp³-hybridized carbons (Fsp3) is 0.143. The summed E-state index contributed by atoms with van der Waals surface area (Å²) in [5, 5.41) is 2.27. The Labute approximate surface area is 175 Å². The van der Waals surface area contributed by atoms with E-state index in [1.165, 1.54) is 0 Å². The summed E-state index contributed by atoms with van der Waals surface area (Å²) < 4.78 is 38.2. The Bertz CT molecular complexity index is 1010. The van der Waals surface area contributed by atoms with Crippen LogP contribution in [0.2, 0.25) is 5.02 Å². The van der Waals surface area contributed by atoms with Gasteiger partial charge in [-0.1, -0.05) is 71.9 Å². The molecule has 1 atom stereocenters. The number of carbonyl (C=O) groups is 1. The molecule has 0 radical (unpaired) electrons. The molecule has 3 aromatic rings. The van der Waals surface area contributed by atoms with E-state index in [0.717, 1.165) is 29.0 Å². The van der Waals surface area contributed by atoms with Crippen molar-refractivity contribution in [2.75, 3.05) is 5.32 Å². The summed E-state index contributed by atoms with van der Waals surface area (Å²) >= 11 is 6.93. The first kappa shape index (κ1) is 21.2. The van der Waals surface area contributed by atoms with Crippen molar-refractivity contribution in [2.45, 2.75) is 23.4 Å². The summed E-state index contributed by atoms with van der Waals surface area (Å²) in [6.07, 6.45) is -3.81. The minimum atomic E-state index is -4.52. The molecule has 3 rings (SSSR count). The van der Waals surface area contributed by atoms with E-state index in [4.69, 9.17) is 11.6 Å². The highest BCUT2D eigenvalue weighted by molar-refractivity contribution is 8.00. The average Bonchev–Trinajstić information content (AvgIpc) is 2.69. The van der Waals surface area contributed by atoms with Crippen LogP contribution >= 0.6 is 23.4 Å². The van der Waals surface area contributed by atoms with Gasteiger partial charge in [0.25, 0.3) is 0 Å². The zero-order valence-corrected chi connectivity index (χ0v) is 16.8. The molecule has 150 valence electrons. The molecule has 0 saturated heterocycles. The molecule has 1 N–H and O–H groups in total. The summed E-state index contributed by atoms with van der Waals surface area (Å²) in [6, 6.07) is 17.8. The maximum atomic E-state index is 12.7. The first-order valence-corrected chi connectivity index (χ1v) is 9.86. The summed E-state index contributed by atoms with van der Waals surface area (Å²) in [6.45, 7) is 1.64. The van der Waals surface area contributed by atoms with Gasteiger partial charge in [-0.3, -0.25) is 4.79 Å². The van der Waals surface area contributed by atoms with Crippen molar-refractivity contribution < 1.29 is 18.0 Å². The number of benzene rings is 2. The van der Waals surface area contributed by atoms with Gasteiger partial charge in [0.1, 0.15) is 5.03 Å². The lowest BCUT2D eigenvalue weighted by molar-refractivity contribution is -0.137. The summed E-state index contributed by atoms with van der Waals surface area (Å²) in [4.78, 5) is 16.4. The second-order valence-corrected chi connectivity index (χ2v) is 7.91. The molecule has 29 heavy (non-hydrogen) atoms. The van der Waals surface area contributed by atoms with Gasteiger partial charge in [-0.25, -0.2) is 4.98 Å². The number of pyridine rings is 1. The largest absolute Gasteiger partial charge is 0.417 e. The smallest absolute Gasteiger partial charge is 0.325 e. The fourth-order valence-electron chi connectivity index (χ4n) is 2.58. The predicted octanol–water partition coefficient (Wildman–Crippen LogP) is 6.54. The molecule has 3 nitrogen and oxygen atoms in total. The van der Waals surface area contributed by atoms with Crippen LogP contribution in [0.25, 0.3) is 11.1 Å². The lowest BCUT2D eigenvalue weighted by atomic mass is 10.0. The van der Waals surface area contributed by atoms with E-state index in [-0.39, 0.29) is 16.0 Å². The molecular weight excluding hydrogens is 421 g/mol. The van der Waals surface area contributed by atoms with Crippen molar-refractivity contribution in [3.8, 4) is 11.1 Å². The molecule has 0 aliphatic carbocycles. The number of nitrogens with zero attached hydrogens (tertiary/aromatic N) is 1. The normalized spacial score (nSPS) is 12.4. The molecule has 8 heteroatoms. The molecule has 1 amide bonds. The molecule has 0 bridgehead atoms. The Morgan fingerprint density at radius 2 is 1.76 bits per heavy atom. The Morgan fingerprint density at radius 1 is 1.10 bits per heavy atom. The summed E-state index contributed by atoms with van der Waals surface area (Å²) in [5.74, 6) is -0.309. The van der Waals surface area contributed by atoms with E-state index in [1.54, 1.807) is 13.0 Å². The van der Waals surface area contributed by atoms with Gasteiger partial charge >= 0.3 is 6.18 Å². The molecule has 0 aliphatic heterocycles. The Hall–Kier alpha value is -2.51. The van der Waals surface area contributed by atoms with Crippen molar-refractivity contribution >= 4 is 35.0 Å². The second kappa shape index (κ2) is 8.88. The van der Waals surface area contributed by atoms with Crippen molar-refractivity contribution in [3.05, 3.63) is 77.4 Å². The van der Waals surface area contributed by atoms with E-state index in [9.17, 15) is 18.0 Å². The molecule has 0 aliphatic rings. The fourth-order valence-corrected chi connectivity index (χ4v) is 3.67. The number of carbonyl (C=O) groups excluding carboxylic acids is 1. The number of anilines is 1. The molecule has 0 spiro atoms. The van der Waals surface area contributed by atoms with Crippen LogP contribution in [0.3, 0.4) is 0 Å². The minimum absolute atomic E-state index is 0.144. The predicted molar refractivity (Wildman–Crippen MR) is 110 cm³/mol. The average molecular weight is 437 g/mol. The second-order valence-electron chi connectivity index (χ2n) is 6.17. The molecule has 0 saturated carbocycles. The molecule has 0 fully saturated rings. The standard InChI is InChI=1S/C21H16ClF3N2OS/c1-13(29-20-17(22)11-15(12-26-20)21(23,24)25)19(28)27-18-10-6-5-9-16(18)14-7-3-2-4-8-14/h2-13H,1H3,(H,27,28)/t13-/m0/s1. The van der Waals surface area contributed by atoms with Crippen molar-refractivity contribution in [3.63, 3.8) is 0 Å². The first-order chi connectivity index (χ1) is 13.8. The number of halogens is 4. The van der Waals surface area contributed by atoms with Gasteiger partial charge < -0.3 is 5.32 Å². The number of para-hydroxylation sites is 1. The lowest BCUT2D eigenvalue weighted by Crippen LogP contribution is -2.23. The van der Waals surface area contributed by atoms with E-state index < -0.39 is 17.0 Å². The number of hydrogen-bond acceptors (Lipinski definition) is 3. The minimum Gasteiger partial charge on any atom is -0.325 e. The van der Waals surface area contributed by atoms with E-state index in [2.05, 4.69) is 10.3 Å². The van der Waals surface area contributed by atoms with Crippen molar-refractivity contribution in [2.24, 2.45) is 0 Å². The van der Waals surface area contributed by atoms with E-state index >= 15 is 0 Å². The molecule has 1 aromatic heterocycles. The highest BCUT2D eigenvalue weighted by atomic mass is 35.5.